The molecule has 0 radical (unpaired) electrons. The monoisotopic (exact) mass is 377 g/mol. The fourth-order valence-electron chi connectivity index (χ4n) is 2.77. The molecule has 0 aliphatic carbocycles. The van der Waals surface area contributed by atoms with Gasteiger partial charge in [0.25, 0.3) is 5.91 Å². The van der Waals surface area contributed by atoms with E-state index in [2.05, 4.69) is 10.3 Å². The summed E-state index contributed by atoms with van der Waals surface area (Å²) in [6.45, 7) is 0.612. The van der Waals surface area contributed by atoms with Gasteiger partial charge in [-0.3, -0.25) is 10.1 Å². The summed E-state index contributed by atoms with van der Waals surface area (Å²) >= 11 is 1.25. The van der Waals surface area contributed by atoms with Gasteiger partial charge in [-0.15, -0.1) is 11.3 Å². The van der Waals surface area contributed by atoms with Crippen LogP contribution in [0.3, 0.4) is 0 Å². The van der Waals surface area contributed by atoms with Crippen molar-refractivity contribution in [3.05, 3.63) is 95.4 Å². The molecular formula is C21H16FN3OS. The first-order chi connectivity index (χ1) is 13.2. The molecule has 0 fully saturated rings. The molecule has 2 aromatic heterocycles. The summed E-state index contributed by atoms with van der Waals surface area (Å²) in [7, 11) is 0. The van der Waals surface area contributed by atoms with Gasteiger partial charge < -0.3 is 4.57 Å². The number of nitrogens with zero attached hydrogens (tertiary/aromatic N) is 2. The zero-order valence-electron chi connectivity index (χ0n) is 14.3. The van der Waals surface area contributed by atoms with Crippen LogP contribution in [0.4, 0.5) is 10.3 Å². The fraction of sp³-hybridized carbons (Fsp3) is 0.0476. The fourth-order valence-corrected chi connectivity index (χ4v) is 3.70. The molecule has 0 aliphatic heterocycles. The standard InChI is InChI=1S/C21H16FN3OS/c22-17-9-5-4-8-16(17)18-10-11-19(27-18)20(26)24-21-23-12-13-25(21)14-15-6-2-1-3-7-15/h1-13H,14H2,(H,23,24,26). The maximum Gasteiger partial charge on any atom is 0.268 e. The van der Waals surface area contributed by atoms with Gasteiger partial charge in [0.05, 0.1) is 11.4 Å². The van der Waals surface area contributed by atoms with Gasteiger partial charge in [-0.1, -0.05) is 48.5 Å². The number of carbonyl (C=O) groups excluding carboxylic acids is 1. The average molecular weight is 377 g/mol. The molecule has 1 N–H and O–H groups in total. The minimum Gasteiger partial charge on any atom is -0.313 e. The van der Waals surface area contributed by atoms with Gasteiger partial charge in [0.1, 0.15) is 5.82 Å². The minimum atomic E-state index is -0.301. The summed E-state index contributed by atoms with van der Waals surface area (Å²) in [4.78, 5) is 18.0. The Morgan fingerprint density at radius 1 is 1.04 bits per heavy atom. The van der Waals surface area contributed by atoms with E-state index in [0.29, 0.717) is 27.8 Å². The Hall–Kier alpha value is -3.25. The number of thiophene rings is 1. The largest absolute Gasteiger partial charge is 0.313 e. The topological polar surface area (TPSA) is 46.9 Å². The van der Waals surface area contributed by atoms with Crippen molar-refractivity contribution in [3.63, 3.8) is 0 Å². The van der Waals surface area contributed by atoms with E-state index in [1.165, 1.54) is 17.4 Å². The van der Waals surface area contributed by atoms with Crippen LogP contribution in [0.2, 0.25) is 0 Å². The van der Waals surface area contributed by atoms with Crippen molar-refractivity contribution < 1.29 is 9.18 Å². The van der Waals surface area contributed by atoms with E-state index in [-0.39, 0.29) is 11.7 Å². The highest BCUT2D eigenvalue weighted by molar-refractivity contribution is 7.17. The van der Waals surface area contributed by atoms with E-state index in [1.807, 2.05) is 41.1 Å². The van der Waals surface area contributed by atoms with Crippen molar-refractivity contribution in [2.45, 2.75) is 6.54 Å². The van der Waals surface area contributed by atoms with Crippen LogP contribution >= 0.6 is 11.3 Å². The molecule has 4 aromatic rings. The van der Waals surface area contributed by atoms with Crippen LogP contribution in [0.1, 0.15) is 15.2 Å². The number of imidazole rings is 1. The van der Waals surface area contributed by atoms with Gasteiger partial charge in [0, 0.05) is 22.8 Å². The van der Waals surface area contributed by atoms with E-state index in [0.717, 1.165) is 5.56 Å². The molecule has 0 saturated carbocycles. The SMILES string of the molecule is O=C(Nc1nccn1Cc1ccccc1)c1ccc(-c2ccccc2F)s1. The molecule has 6 heteroatoms. The molecule has 27 heavy (non-hydrogen) atoms. The van der Waals surface area contributed by atoms with Crippen molar-refractivity contribution >= 4 is 23.2 Å². The summed E-state index contributed by atoms with van der Waals surface area (Å²) in [5.74, 6) is -0.0856. The Kier molecular flexibility index (Phi) is 4.80. The molecule has 1 amide bonds. The highest BCUT2D eigenvalue weighted by Crippen LogP contribution is 2.30. The zero-order valence-corrected chi connectivity index (χ0v) is 15.1. The van der Waals surface area contributed by atoms with E-state index in [4.69, 9.17) is 0 Å². The summed E-state index contributed by atoms with van der Waals surface area (Å²) in [5.41, 5.74) is 1.61. The number of amides is 1. The molecule has 0 spiro atoms. The third-order valence-corrected chi connectivity index (χ3v) is 5.22. The lowest BCUT2D eigenvalue weighted by Gasteiger charge is -2.08. The van der Waals surface area contributed by atoms with Gasteiger partial charge in [-0.25, -0.2) is 9.37 Å². The zero-order chi connectivity index (χ0) is 18.6. The second-order valence-electron chi connectivity index (χ2n) is 5.96. The van der Waals surface area contributed by atoms with Crippen LogP contribution in [0.15, 0.2) is 79.1 Å². The third kappa shape index (κ3) is 3.80. The smallest absolute Gasteiger partial charge is 0.268 e. The number of carbonyl (C=O) groups is 1. The number of rotatable bonds is 5. The highest BCUT2D eigenvalue weighted by atomic mass is 32.1. The number of aromatic nitrogens is 2. The summed E-state index contributed by atoms with van der Waals surface area (Å²) in [6, 6.07) is 19.9. The van der Waals surface area contributed by atoms with Gasteiger partial charge in [-0.2, -0.15) is 0 Å². The van der Waals surface area contributed by atoms with Crippen LogP contribution < -0.4 is 5.32 Å². The van der Waals surface area contributed by atoms with Gasteiger partial charge in [-0.05, 0) is 23.8 Å². The molecule has 0 saturated heterocycles. The Morgan fingerprint density at radius 2 is 1.81 bits per heavy atom. The Labute approximate surface area is 159 Å². The lowest BCUT2D eigenvalue weighted by Crippen LogP contribution is -2.15. The van der Waals surface area contributed by atoms with Crippen LogP contribution in [0.5, 0.6) is 0 Å². The summed E-state index contributed by atoms with van der Waals surface area (Å²) in [5, 5.41) is 2.84. The summed E-state index contributed by atoms with van der Waals surface area (Å²) in [6.07, 6.45) is 3.47. The van der Waals surface area contributed by atoms with E-state index >= 15 is 0 Å². The van der Waals surface area contributed by atoms with Gasteiger partial charge in [0.15, 0.2) is 0 Å². The minimum absolute atomic E-state index is 0.261. The van der Waals surface area contributed by atoms with Gasteiger partial charge >= 0.3 is 0 Å². The van der Waals surface area contributed by atoms with E-state index < -0.39 is 0 Å². The van der Waals surface area contributed by atoms with Crippen LogP contribution in [-0.2, 0) is 6.54 Å². The molecular weight excluding hydrogens is 361 g/mol. The lowest BCUT2D eigenvalue weighted by molar-refractivity contribution is 0.102. The molecule has 0 unspecified atom stereocenters. The molecule has 0 bridgehead atoms. The van der Waals surface area contributed by atoms with Crippen molar-refractivity contribution in [2.24, 2.45) is 0 Å². The van der Waals surface area contributed by atoms with Gasteiger partial charge in [0.2, 0.25) is 5.95 Å². The van der Waals surface area contributed by atoms with Crippen molar-refractivity contribution in [1.82, 2.24) is 9.55 Å². The Balaban J connectivity index is 1.51. The summed E-state index contributed by atoms with van der Waals surface area (Å²) < 4.78 is 15.8. The highest BCUT2D eigenvalue weighted by Gasteiger charge is 2.14. The van der Waals surface area contributed by atoms with E-state index in [9.17, 15) is 9.18 Å². The number of hydrogen-bond donors (Lipinski definition) is 1. The number of benzene rings is 2. The Bertz CT molecular complexity index is 1070. The van der Waals surface area contributed by atoms with Crippen LogP contribution in [0, 0.1) is 5.82 Å². The number of halogens is 1. The Morgan fingerprint density at radius 3 is 2.63 bits per heavy atom. The predicted molar refractivity (Wildman–Crippen MR) is 105 cm³/mol. The van der Waals surface area contributed by atoms with Crippen molar-refractivity contribution in [3.8, 4) is 10.4 Å². The average Bonchev–Trinajstić information content (AvgIpc) is 3.33. The molecule has 4 rings (SSSR count). The first kappa shape index (κ1) is 17.2. The molecule has 4 nitrogen and oxygen atoms in total. The van der Waals surface area contributed by atoms with Crippen molar-refractivity contribution in [2.75, 3.05) is 5.32 Å². The third-order valence-electron chi connectivity index (χ3n) is 4.11. The van der Waals surface area contributed by atoms with E-state index in [1.54, 1.807) is 36.5 Å². The molecule has 134 valence electrons. The molecule has 0 atom stereocenters. The second kappa shape index (κ2) is 7.55. The maximum absolute atomic E-state index is 13.9. The normalized spacial score (nSPS) is 10.7. The number of anilines is 1. The molecule has 2 aromatic carbocycles. The predicted octanol–water partition coefficient (Wildman–Crippen LogP) is 5.05. The maximum atomic E-state index is 13.9. The molecule has 0 aliphatic rings. The van der Waals surface area contributed by atoms with Crippen LogP contribution in [-0.4, -0.2) is 15.5 Å². The quantitative estimate of drug-likeness (QED) is 0.529. The number of nitrogens with one attached hydrogen (secondary N) is 1. The first-order valence-corrected chi connectivity index (χ1v) is 9.23. The lowest BCUT2D eigenvalue weighted by atomic mass is 10.2. The van der Waals surface area contributed by atoms with Crippen molar-refractivity contribution in [1.29, 1.82) is 0 Å². The number of hydrogen-bond acceptors (Lipinski definition) is 3. The molecule has 2 heterocycles. The van der Waals surface area contributed by atoms with Crippen LogP contribution in [0.25, 0.3) is 10.4 Å². The first-order valence-electron chi connectivity index (χ1n) is 8.42. The second-order valence-corrected chi connectivity index (χ2v) is 7.05.